The van der Waals surface area contributed by atoms with Crippen molar-refractivity contribution in [2.45, 2.75) is 44.9 Å². The maximum atomic E-state index is 12.5. The van der Waals surface area contributed by atoms with Crippen molar-refractivity contribution in [3.8, 4) is 5.88 Å². The van der Waals surface area contributed by atoms with Gasteiger partial charge in [-0.25, -0.2) is 0 Å². The van der Waals surface area contributed by atoms with E-state index in [2.05, 4.69) is 15.2 Å². The molecule has 2 N–H and O–H groups in total. The second kappa shape index (κ2) is 6.52. The number of hydrogen-bond donors (Lipinski definition) is 2. The first-order valence-electron chi connectivity index (χ1n) is 9.05. The summed E-state index contributed by atoms with van der Waals surface area (Å²) in [5, 5.41) is 18.7. The Hall–Kier alpha value is -2.76. The highest BCUT2D eigenvalue weighted by Crippen LogP contribution is 2.46. The highest BCUT2D eigenvalue weighted by atomic mass is 16.3. The first-order chi connectivity index (χ1) is 12.6. The average molecular weight is 351 g/mol. The van der Waals surface area contributed by atoms with Crippen LogP contribution in [0, 0.1) is 5.41 Å². The maximum absolute atomic E-state index is 12.5. The van der Waals surface area contributed by atoms with Crippen molar-refractivity contribution in [3.63, 3.8) is 0 Å². The molecule has 2 aromatic rings. The van der Waals surface area contributed by atoms with Crippen molar-refractivity contribution < 1.29 is 14.7 Å². The van der Waals surface area contributed by atoms with Crippen LogP contribution in [-0.2, 0) is 9.59 Å². The van der Waals surface area contributed by atoms with Crippen LogP contribution in [0.1, 0.15) is 44.9 Å². The summed E-state index contributed by atoms with van der Waals surface area (Å²) in [6, 6.07) is 7.33. The molecule has 0 unspecified atom stereocenters. The molecule has 0 bridgehead atoms. The van der Waals surface area contributed by atoms with Crippen molar-refractivity contribution in [3.05, 3.63) is 36.0 Å². The van der Waals surface area contributed by atoms with Crippen LogP contribution in [0.5, 0.6) is 5.88 Å². The molecule has 1 aromatic heterocycles. The number of benzene rings is 1. The number of hydrogen-bond acceptors (Lipinski definition) is 5. The average Bonchev–Trinajstić information content (AvgIpc) is 2.93. The molecule has 0 saturated heterocycles. The van der Waals surface area contributed by atoms with Gasteiger partial charge in [0.05, 0.1) is 17.3 Å². The van der Waals surface area contributed by atoms with Crippen LogP contribution in [-0.4, -0.2) is 21.7 Å². The number of H-pyrrole nitrogens is 1. The van der Waals surface area contributed by atoms with Gasteiger partial charge in [0, 0.05) is 18.2 Å². The van der Waals surface area contributed by atoms with Crippen molar-refractivity contribution in [1.82, 2.24) is 4.98 Å². The van der Waals surface area contributed by atoms with Gasteiger partial charge in [0.1, 0.15) is 0 Å². The SMILES string of the molecule is O=C1CC2(CCCCC2)CC(=O)C1=CN=Nc1c(O)[nH]c2ccccc12. The Kier molecular flexibility index (Phi) is 4.18. The molecular weight excluding hydrogens is 330 g/mol. The van der Waals surface area contributed by atoms with Crippen LogP contribution >= 0.6 is 0 Å². The Labute approximate surface area is 151 Å². The fourth-order valence-electron chi connectivity index (χ4n) is 4.25. The van der Waals surface area contributed by atoms with Gasteiger partial charge < -0.3 is 10.1 Å². The second-order valence-electron chi connectivity index (χ2n) is 7.39. The lowest BCUT2D eigenvalue weighted by Crippen LogP contribution is -2.37. The summed E-state index contributed by atoms with van der Waals surface area (Å²) in [7, 11) is 0. The van der Waals surface area contributed by atoms with Crippen LogP contribution < -0.4 is 0 Å². The van der Waals surface area contributed by atoms with E-state index in [1.165, 1.54) is 12.6 Å². The van der Waals surface area contributed by atoms with Crippen molar-refractivity contribution in [2.24, 2.45) is 15.6 Å². The third-order valence-corrected chi connectivity index (χ3v) is 5.59. The molecule has 26 heavy (non-hydrogen) atoms. The summed E-state index contributed by atoms with van der Waals surface area (Å²) in [6.07, 6.45) is 7.41. The smallest absolute Gasteiger partial charge is 0.218 e. The minimum Gasteiger partial charge on any atom is -0.493 e. The monoisotopic (exact) mass is 351 g/mol. The number of aromatic hydroxyl groups is 1. The highest BCUT2D eigenvalue weighted by Gasteiger charge is 2.42. The zero-order valence-corrected chi connectivity index (χ0v) is 14.5. The zero-order chi connectivity index (χ0) is 18.1. The zero-order valence-electron chi connectivity index (χ0n) is 14.5. The first-order valence-corrected chi connectivity index (χ1v) is 9.05. The molecule has 0 radical (unpaired) electrons. The van der Waals surface area contributed by atoms with E-state index < -0.39 is 0 Å². The number of azo groups is 1. The number of nitrogens with one attached hydrogen (secondary N) is 1. The van der Waals surface area contributed by atoms with E-state index >= 15 is 0 Å². The van der Waals surface area contributed by atoms with Crippen LogP contribution in [0.25, 0.3) is 10.9 Å². The molecule has 6 heteroatoms. The van der Waals surface area contributed by atoms with E-state index in [0.29, 0.717) is 18.5 Å². The predicted octanol–water partition coefficient (Wildman–Crippen LogP) is 4.72. The topological polar surface area (TPSA) is 94.9 Å². The van der Waals surface area contributed by atoms with E-state index in [1.54, 1.807) is 0 Å². The Morgan fingerprint density at radius 2 is 1.73 bits per heavy atom. The van der Waals surface area contributed by atoms with E-state index in [9.17, 15) is 14.7 Å². The van der Waals surface area contributed by atoms with Gasteiger partial charge in [-0.3, -0.25) is 9.59 Å². The second-order valence-corrected chi connectivity index (χ2v) is 7.39. The quantitative estimate of drug-likeness (QED) is 0.465. The third kappa shape index (κ3) is 2.96. The summed E-state index contributed by atoms with van der Waals surface area (Å²) < 4.78 is 0. The van der Waals surface area contributed by atoms with Gasteiger partial charge in [-0.2, -0.15) is 5.11 Å². The summed E-state index contributed by atoms with van der Waals surface area (Å²) in [6.45, 7) is 0. The lowest BCUT2D eigenvalue weighted by molar-refractivity contribution is -0.129. The van der Waals surface area contributed by atoms with Gasteiger partial charge >= 0.3 is 0 Å². The third-order valence-electron chi connectivity index (χ3n) is 5.59. The largest absolute Gasteiger partial charge is 0.493 e. The van der Waals surface area contributed by atoms with Crippen LogP contribution in [0.15, 0.2) is 46.3 Å². The molecule has 0 aliphatic heterocycles. The van der Waals surface area contributed by atoms with Gasteiger partial charge in [0.2, 0.25) is 5.88 Å². The standard InChI is InChI=1S/C20H21N3O3/c24-16-10-20(8-4-1-5-9-20)11-17(25)14(16)12-21-23-18-13-6-2-3-7-15(13)22-19(18)26/h2-3,6-7,12,22,26H,1,4-5,8-11H2. The van der Waals surface area contributed by atoms with E-state index in [4.69, 9.17) is 0 Å². The fourth-order valence-corrected chi connectivity index (χ4v) is 4.25. The number of allylic oxidation sites excluding steroid dienone is 1. The number of aromatic amines is 1. The Morgan fingerprint density at radius 3 is 2.46 bits per heavy atom. The number of nitrogens with zero attached hydrogens (tertiary/aromatic N) is 2. The molecule has 6 nitrogen and oxygen atoms in total. The van der Waals surface area contributed by atoms with E-state index in [0.717, 1.165) is 36.6 Å². The molecule has 1 aromatic carbocycles. The lowest BCUT2D eigenvalue weighted by Gasteiger charge is -2.39. The number of ketones is 2. The Balaban J connectivity index is 1.56. The molecule has 2 aliphatic carbocycles. The van der Waals surface area contributed by atoms with Gasteiger partial charge in [0.15, 0.2) is 17.3 Å². The first kappa shape index (κ1) is 16.7. The molecule has 4 rings (SSSR count). The number of Topliss-reactive ketones (excluding diaryl/α,β-unsaturated/α-hetero) is 2. The van der Waals surface area contributed by atoms with Crippen molar-refractivity contribution in [2.75, 3.05) is 0 Å². The number of carbonyl (C=O) groups excluding carboxylic acids is 2. The molecule has 2 saturated carbocycles. The molecular formula is C20H21N3O3. The molecule has 2 fully saturated rings. The van der Waals surface area contributed by atoms with Crippen molar-refractivity contribution >= 4 is 28.2 Å². The van der Waals surface area contributed by atoms with Gasteiger partial charge in [-0.15, -0.1) is 5.11 Å². The van der Waals surface area contributed by atoms with Crippen LogP contribution in [0.4, 0.5) is 5.69 Å². The molecule has 1 spiro atoms. The maximum Gasteiger partial charge on any atom is 0.218 e. The minimum atomic E-state index is -0.134. The Bertz CT molecular complexity index is 911. The number of para-hydroxylation sites is 1. The molecule has 134 valence electrons. The number of carbonyl (C=O) groups is 2. The summed E-state index contributed by atoms with van der Waals surface area (Å²) in [4.78, 5) is 27.8. The fraction of sp³-hybridized carbons (Fsp3) is 0.400. The summed E-state index contributed by atoms with van der Waals surface area (Å²) >= 11 is 0. The van der Waals surface area contributed by atoms with Crippen LogP contribution in [0.2, 0.25) is 0 Å². The minimum absolute atomic E-state index is 0.0872. The molecule has 0 atom stereocenters. The van der Waals surface area contributed by atoms with Gasteiger partial charge in [0.25, 0.3) is 0 Å². The van der Waals surface area contributed by atoms with E-state index in [1.807, 2.05) is 24.3 Å². The number of aromatic nitrogens is 1. The lowest BCUT2D eigenvalue weighted by atomic mass is 9.64. The van der Waals surface area contributed by atoms with Crippen molar-refractivity contribution in [1.29, 1.82) is 0 Å². The number of rotatable bonds is 2. The van der Waals surface area contributed by atoms with Gasteiger partial charge in [-0.05, 0) is 24.3 Å². The van der Waals surface area contributed by atoms with Gasteiger partial charge in [-0.1, -0.05) is 37.5 Å². The molecule has 0 amide bonds. The molecule has 1 heterocycles. The normalized spacial score (nSPS) is 20.4. The predicted molar refractivity (Wildman–Crippen MR) is 97.3 cm³/mol. The number of fused-ring (bicyclic) bond motifs is 1. The van der Waals surface area contributed by atoms with E-state index in [-0.39, 0.29) is 28.4 Å². The summed E-state index contributed by atoms with van der Waals surface area (Å²) in [5.74, 6) is -0.355. The Morgan fingerprint density at radius 1 is 1.04 bits per heavy atom. The molecule has 2 aliphatic rings. The summed E-state index contributed by atoms with van der Waals surface area (Å²) in [5.41, 5.74) is 1.05. The highest BCUT2D eigenvalue weighted by molar-refractivity contribution is 6.22. The van der Waals surface area contributed by atoms with Crippen LogP contribution in [0.3, 0.4) is 0 Å².